The van der Waals surface area contributed by atoms with E-state index in [0.29, 0.717) is 18.4 Å². The smallest absolute Gasteiger partial charge is 0.167 e. The second-order valence-electron chi connectivity index (χ2n) is 21.4. The summed E-state index contributed by atoms with van der Waals surface area (Å²) in [6, 6.07) is 41.6. The van der Waals surface area contributed by atoms with Crippen molar-refractivity contribution in [3.8, 4) is 30.3 Å². The maximum Gasteiger partial charge on any atom is 0.167 e. The van der Waals surface area contributed by atoms with Crippen molar-refractivity contribution in [2.24, 2.45) is 53.8 Å². The Bertz CT molecular complexity index is 4020. The molecular weight excluding hydrogens is 1350 g/mol. The van der Waals surface area contributed by atoms with Crippen molar-refractivity contribution in [2.75, 3.05) is 32.1 Å². The fraction of sp³-hybridized carbons (Fsp3) is 0.280. The molecule has 0 atom stereocenters. The summed E-state index contributed by atoms with van der Waals surface area (Å²) in [4.78, 5) is 47.2. The summed E-state index contributed by atoms with van der Waals surface area (Å²) < 4.78 is 11.6. The zero-order valence-electron chi connectivity index (χ0n) is 59.6. The van der Waals surface area contributed by atoms with Crippen LogP contribution >= 0.6 is 19.5 Å². The number of nitriles is 5. The number of hydrogen-bond donors (Lipinski definition) is 5. The van der Waals surface area contributed by atoms with Crippen LogP contribution in [0.3, 0.4) is 0 Å². The zero-order chi connectivity index (χ0) is 74.5. The summed E-state index contributed by atoms with van der Waals surface area (Å²) in [5.41, 5.74) is 18.6. The van der Waals surface area contributed by atoms with Crippen molar-refractivity contribution in [1.82, 2.24) is 82.6 Å². The van der Waals surface area contributed by atoms with E-state index in [0.717, 1.165) is 100 Å². The third-order valence-electron chi connectivity index (χ3n) is 13.0. The van der Waals surface area contributed by atoms with Crippen LogP contribution in [0.15, 0.2) is 209 Å². The maximum atomic E-state index is 9.80. The van der Waals surface area contributed by atoms with Crippen LogP contribution in [0.25, 0.3) is 18.2 Å². The number of hydrogen-bond acceptors (Lipinski definition) is 17. The molecule has 3 aromatic carbocycles. The van der Waals surface area contributed by atoms with Crippen LogP contribution in [-0.4, -0.2) is 116 Å². The van der Waals surface area contributed by atoms with Gasteiger partial charge in [-0.15, -0.1) is 11.6 Å². The van der Waals surface area contributed by atoms with E-state index in [2.05, 4.69) is 159 Å². The van der Waals surface area contributed by atoms with Crippen molar-refractivity contribution in [3.63, 3.8) is 0 Å². The normalized spacial score (nSPS) is 9.73. The van der Waals surface area contributed by atoms with Crippen molar-refractivity contribution in [2.45, 2.75) is 64.7 Å². The fourth-order valence-electron chi connectivity index (χ4n) is 8.18. The molecule has 8 heterocycles. The lowest BCUT2D eigenvalue weighted by atomic mass is 10.2. The standard InChI is InChI=1S/C18H15P.C14H23N5.C7H13N3.C7H7N3.C7H13N3.C7H7N3.C6H5N3.C4H4N2O.C3H5N.C2H2ClN.ClH/c1-4-10-16(11-5-1)19(17-12-6-2-7-13-17)18-14-8-3-9-15-18;1-18-9-13(16-11-18)5-3-7-15-8-4-6-14-10-19(2)12-17-14;2*1-10-5-7(9-6-10)3-2-4-8;2*1-10-6-9-5-7(10)3-2-4-8;7-3-1-2-6-4-8-5-9-6;7-2-4-1-5-3-6-4;1-2-3-4;3-1-2-4;/h1-15H;9-12,15H,3-8H2,1-2H3;5-6H,2-4,8H2,1H3;2-3,5-6H,1H3;5-6H,2-4,8H2,1H3;2-3,5-6H,1H3;1-2,4-5H,(H,8,9);1-3H,(H,5,6);2H2,1H3;1H2;1H/p-1/b;;;3-2+;;3-2+;2-1+;;;;. The number of allylic oxidation sites excluding steroid dienone is 3. The molecule has 28 heteroatoms. The molecule has 540 valence electrons. The highest BCUT2D eigenvalue weighted by atomic mass is 35.5. The van der Waals surface area contributed by atoms with E-state index < -0.39 is 7.92 Å². The van der Waals surface area contributed by atoms with Crippen molar-refractivity contribution < 1.29 is 17.2 Å². The molecule has 0 bridgehead atoms. The van der Waals surface area contributed by atoms with Gasteiger partial charge in [-0.05, 0) is 120 Å². The van der Waals surface area contributed by atoms with Gasteiger partial charge in [-0.1, -0.05) is 97.9 Å². The second kappa shape index (κ2) is 59.4. The van der Waals surface area contributed by atoms with Gasteiger partial charge in [0.2, 0.25) is 0 Å². The number of benzene rings is 3. The number of nitrogens with two attached hydrogens (primary N) is 2. The summed E-state index contributed by atoms with van der Waals surface area (Å²) in [6.45, 7) is 5.43. The van der Waals surface area contributed by atoms with Gasteiger partial charge in [-0.25, -0.2) is 39.9 Å². The number of aromatic amines is 2. The van der Waals surface area contributed by atoms with Crippen molar-refractivity contribution in [3.05, 3.63) is 255 Å². The molecule has 0 amide bonds. The van der Waals surface area contributed by atoms with Crippen LogP contribution in [-0.2, 0) is 68.0 Å². The molecule has 0 aliphatic rings. The lowest BCUT2D eigenvalue weighted by molar-refractivity contribution is -0.0000291. The molecule has 0 radical (unpaired) electrons. The molecule has 0 saturated heterocycles. The average molecular weight is 1450 g/mol. The van der Waals surface area contributed by atoms with Gasteiger partial charge < -0.3 is 66.6 Å². The van der Waals surface area contributed by atoms with E-state index in [1.54, 1.807) is 55.7 Å². The fourth-order valence-corrected chi connectivity index (χ4v) is 10.5. The largest absolute Gasteiger partial charge is 1.00 e. The molecule has 25 nitrogen and oxygen atoms in total. The van der Waals surface area contributed by atoms with Crippen LogP contribution in [0, 0.1) is 56.7 Å². The first kappa shape index (κ1) is 89.6. The number of nitrogens with one attached hydrogen (secondary N) is 3. The van der Waals surface area contributed by atoms with E-state index >= 15 is 0 Å². The van der Waals surface area contributed by atoms with Crippen molar-refractivity contribution in [1.29, 1.82) is 26.3 Å². The first-order valence-electron chi connectivity index (χ1n) is 32.5. The Morgan fingerprint density at radius 1 is 0.505 bits per heavy atom. The summed E-state index contributed by atoms with van der Waals surface area (Å²) in [5.74, 6) is 0.0972. The number of H-pyrrole nitrogens is 2. The zero-order valence-corrected chi connectivity index (χ0v) is 62.0. The van der Waals surface area contributed by atoms with E-state index in [1.807, 2.05) is 145 Å². The van der Waals surface area contributed by atoms with Crippen LogP contribution in [0.4, 0.5) is 0 Å². The highest BCUT2D eigenvalue weighted by Crippen LogP contribution is 2.32. The second-order valence-corrected chi connectivity index (χ2v) is 23.9. The molecule has 0 unspecified atom stereocenters. The Kier molecular flexibility index (Phi) is 51.7. The monoisotopic (exact) mass is 1450 g/mol. The predicted octanol–water partition coefficient (Wildman–Crippen LogP) is 7.13. The lowest BCUT2D eigenvalue weighted by Crippen LogP contribution is -3.00. The molecule has 0 aliphatic heterocycles. The molecule has 0 aliphatic carbocycles. The van der Waals surface area contributed by atoms with Gasteiger partial charge in [-0.2, -0.15) is 26.3 Å². The first-order valence-corrected chi connectivity index (χ1v) is 34.4. The number of carbonyl (C=O) groups excluding carboxylic acids is 1. The number of carbonyl (C=O) groups is 1. The molecule has 0 fully saturated rings. The SMILES string of the molecule is CCC#N.Cn1cnc(/C=C/C#N)c1.Cn1cnc(CCCN)c1.Cn1cnc(CCCNCCCc2cn(C)cn2)c1.Cn1cncc1/C=C/C#N.Cn1cncc1CCCN.N#C/C=C/c1cnc[nH]1.N#CCCl.O=Cc1cnc[nH]1.[Cl-].c1ccc(P(c2ccccc2)c2ccccc2)cc1. The number of halogens is 2. The van der Waals surface area contributed by atoms with Gasteiger partial charge in [-0.3, -0.25) is 4.79 Å². The minimum absolute atomic E-state index is 0. The minimum Gasteiger partial charge on any atom is -1.00 e. The highest BCUT2D eigenvalue weighted by Gasteiger charge is 2.15. The predicted molar refractivity (Wildman–Crippen MR) is 407 cm³/mol. The summed E-state index contributed by atoms with van der Waals surface area (Å²) in [6.07, 6.45) is 47.6. The molecule has 0 saturated carbocycles. The minimum atomic E-state index is -0.446. The third-order valence-corrected chi connectivity index (χ3v) is 15.6. The first-order chi connectivity index (χ1) is 49.7. The molecule has 8 aromatic heterocycles. The van der Waals surface area contributed by atoms with E-state index in [9.17, 15) is 4.79 Å². The summed E-state index contributed by atoms with van der Waals surface area (Å²) in [7, 11) is 11.3. The average Bonchev–Trinajstić information content (AvgIpc) is 1.69. The van der Waals surface area contributed by atoms with Gasteiger partial charge in [0.05, 0.1) is 139 Å². The molecule has 103 heavy (non-hydrogen) atoms. The number of aromatic nitrogens is 16. The number of imidazole rings is 8. The summed E-state index contributed by atoms with van der Waals surface area (Å²) >= 11 is 4.82. The number of alkyl halides is 1. The third kappa shape index (κ3) is 43.0. The van der Waals surface area contributed by atoms with Gasteiger partial charge in [0.15, 0.2) is 6.29 Å². The van der Waals surface area contributed by atoms with Crippen LogP contribution in [0.5, 0.6) is 0 Å². The van der Waals surface area contributed by atoms with Crippen LogP contribution < -0.4 is 45.1 Å². The number of nitrogens with zero attached hydrogens (tertiary/aromatic N) is 19. The van der Waals surface area contributed by atoms with Gasteiger partial charge >= 0.3 is 0 Å². The maximum absolute atomic E-state index is 9.80. The Balaban J connectivity index is 0.000000591. The topological polar surface area (TPSA) is 364 Å². The lowest BCUT2D eigenvalue weighted by Gasteiger charge is -2.18. The van der Waals surface area contributed by atoms with Gasteiger partial charge in [0.1, 0.15) is 5.88 Å². The Morgan fingerprint density at radius 3 is 1.25 bits per heavy atom. The van der Waals surface area contributed by atoms with Gasteiger partial charge in [0.25, 0.3) is 0 Å². The van der Waals surface area contributed by atoms with Gasteiger partial charge in [0, 0.05) is 104 Å². The van der Waals surface area contributed by atoms with Crippen LogP contribution in [0.2, 0.25) is 0 Å². The van der Waals surface area contributed by atoms with E-state index in [-0.39, 0.29) is 18.3 Å². The molecule has 0 spiro atoms. The molecular formula is C75H94Cl2N24OP-. The quantitative estimate of drug-likeness (QED) is 0.0157. The summed E-state index contributed by atoms with van der Waals surface area (Å²) in [5, 5.41) is 47.2. The number of rotatable bonds is 21. The Labute approximate surface area is 618 Å². The Morgan fingerprint density at radius 2 is 0.913 bits per heavy atom. The number of aryl methyl sites for hydroxylation is 10. The highest BCUT2D eigenvalue weighted by molar-refractivity contribution is 7.79. The number of aldehydes is 1. The van der Waals surface area contributed by atoms with E-state index in [4.69, 9.17) is 49.4 Å². The molecule has 11 aromatic rings. The van der Waals surface area contributed by atoms with Crippen LogP contribution in [0.1, 0.15) is 89.4 Å². The molecule has 7 N–H and O–H groups in total. The molecule has 11 rings (SSSR count). The van der Waals surface area contributed by atoms with Crippen molar-refractivity contribution >= 4 is 60.0 Å². The Hall–Kier alpha value is -11.4. The van der Waals surface area contributed by atoms with E-state index in [1.165, 1.54) is 63.7 Å².